The van der Waals surface area contributed by atoms with Gasteiger partial charge in [-0.15, -0.1) is 0 Å². The zero-order chi connectivity index (χ0) is 11.5. The molecule has 2 unspecified atom stereocenters. The largest absolute Gasteiger partial charge is 0.369 e. The molecule has 2 heterocycles. The third kappa shape index (κ3) is 2.28. The minimum atomic E-state index is 0.164. The fourth-order valence-corrected chi connectivity index (χ4v) is 2.66. The number of imidazole rings is 1. The highest BCUT2D eigenvalue weighted by atomic mass is 16.5. The highest BCUT2D eigenvalue weighted by Gasteiger charge is 2.23. The van der Waals surface area contributed by atoms with E-state index < -0.39 is 0 Å². The molecule has 1 aromatic rings. The molecule has 17 heavy (non-hydrogen) atoms. The molecule has 1 aliphatic carbocycles. The second-order valence-corrected chi connectivity index (χ2v) is 4.73. The lowest BCUT2D eigenvalue weighted by Crippen LogP contribution is -2.34. The molecule has 4 nitrogen and oxygen atoms in total. The Morgan fingerprint density at radius 3 is 3.18 bits per heavy atom. The molecule has 2 aliphatic rings. The molecule has 0 spiro atoms. The van der Waals surface area contributed by atoms with Crippen LogP contribution in [0, 0.1) is 0 Å². The lowest BCUT2D eigenvalue weighted by Gasteiger charge is -2.28. The Labute approximate surface area is 102 Å². The molecule has 1 N–H and O–H groups in total. The maximum absolute atomic E-state index is 5.81. The summed E-state index contributed by atoms with van der Waals surface area (Å²) in [6.07, 6.45) is 12.1. The van der Waals surface area contributed by atoms with E-state index in [2.05, 4.69) is 27.0 Å². The maximum atomic E-state index is 5.81. The smallest absolute Gasteiger partial charge is 0.111 e. The second kappa shape index (κ2) is 5.02. The fourth-order valence-electron chi connectivity index (χ4n) is 2.66. The summed E-state index contributed by atoms with van der Waals surface area (Å²) in [6, 6.07) is 0.558. The summed E-state index contributed by atoms with van der Waals surface area (Å²) in [7, 11) is 0. The molecule has 0 amide bonds. The standard InChI is InChI=1S/C13H19N3O/c1-2-4-11(5-3-1)16-10-15-8-12(16)13-9-14-6-7-17-13/h1-2,8,10-11,13-14H,3-7,9H2. The highest BCUT2D eigenvalue weighted by molar-refractivity contribution is 5.08. The van der Waals surface area contributed by atoms with Gasteiger partial charge in [0.1, 0.15) is 6.10 Å². The van der Waals surface area contributed by atoms with Crippen molar-refractivity contribution in [1.29, 1.82) is 0 Å². The SMILES string of the molecule is C1=CCC(n2cncc2C2CNCCO2)CC1. The summed E-state index contributed by atoms with van der Waals surface area (Å²) in [5.74, 6) is 0. The Balaban J connectivity index is 1.80. The van der Waals surface area contributed by atoms with Crippen LogP contribution in [0.5, 0.6) is 0 Å². The number of morpholine rings is 1. The topological polar surface area (TPSA) is 39.1 Å². The van der Waals surface area contributed by atoms with E-state index in [4.69, 9.17) is 4.74 Å². The number of nitrogens with zero attached hydrogens (tertiary/aromatic N) is 2. The monoisotopic (exact) mass is 233 g/mol. The number of allylic oxidation sites excluding steroid dienone is 2. The Bertz CT molecular complexity index is 393. The first kappa shape index (κ1) is 11.0. The van der Waals surface area contributed by atoms with Gasteiger partial charge in [-0.1, -0.05) is 12.2 Å². The number of hydrogen-bond donors (Lipinski definition) is 1. The first-order valence-electron chi connectivity index (χ1n) is 6.44. The minimum absolute atomic E-state index is 0.164. The number of hydrogen-bond acceptors (Lipinski definition) is 3. The van der Waals surface area contributed by atoms with Gasteiger partial charge >= 0.3 is 0 Å². The van der Waals surface area contributed by atoms with E-state index in [-0.39, 0.29) is 6.10 Å². The van der Waals surface area contributed by atoms with Crippen LogP contribution in [0.1, 0.15) is 37.1 Å². The van der Waals surface area contributed by atoms with Crippen LogP contribution in [0.4, 0.5) is 0 Å². The third-order valence-corrected chi connectivity index (χ3v) is 3.59. The Hall–Kier alpha value is -1.13. The van der Waals surface area contributed by atoms with E-state index in [9.17, 15) is 0 Å². The molecular weight excluding hydrogens is 214 g/mol. The Morgan fingerprint density at radius 2 is 2.41 bits per heavy atom. The van der Waals surface area contributed by atoms with Gasteiger partial charge in [-0.3, -0.25) is 0 Å². The van der Waals surface area contributed by atoms with Gasteiger partial charge in [-0.2, -0.15) is 0 Å². The fraction of sp³-hybridized carbons (Fsp3) is 0.615. The van der Waals surface area contributed by atoms with Crippen molar-refractivity contribution in [3.05, 3.63) is 30.4 Å². The van der Waals surface area contributed by atoms with Crippen molar-refractivity contribution in [2.45, 2.75) is 31.4 Å². The van der Waals surface area contributed by atoms with Gasteiger partial charge in [-0.05, 0) is 19.3 Å². The first-order chi connectivity index (χ1) is 8.45. The summed E-state index contributed by atoms with van der Waals surface area (Å²) in [6.45, 7) is 2.64. The van der Waals surface area contributed by atoms with E-state index in [1.807, 2.05) is 12.5 Å². The zero-order valence-corrected chi connectivity index (χ0v) is 10.0. The molecule has 1 saturated heterocycles. The van der Waals surface area contributed by atoms with Gasteiger partial charge in [0.25, 0.3) is 0 Å². The molecular formula is C13H19N3O. The van der Waals surface area contributed by atoms with Crippen LogP contribution in [-0.2, 0) is 4.74 Å². The van der Waals surface area contributed by atoms with Crippen LogP contribution in [0.3, 0.4) is 0 Å². The van der Waals surface area contributed by atoms with Gasteiger partial charge < -0.3 is 14.6 Å². The molecule has 0 saturated carbocycles. The van der Waals surface area contributed by atoms with E-state index in [1.54, 1.807) is 0 Å². The molecule has 4 heteroatoms. The average Bonchev–Trinajstić information content (AvgIpc) is 2.90. The molecule has 2 atom stereocenters. The number of ether oxygens (including phenoxy) is 1. The minimum Gasteiger partial charge on any atom is -0.369 e. The number of aromatic nitrogens is 2. The lowest BCUT2D eigenvalue weighted by molar-refractivity contribution is 0.0218. The predicted octanol–water partition coefficient (Wildman–Crippen LogP) is 1.83. The van der Waals surface area contributed by atoms with Gasteiger partial charge in [0, 0.05) is 19.1 Å². The predicted molar refractivity (Wildman–Crippen MR) is 65.8 cm³/mol. The van der Waals surface area contributed by atoms with Crippen molar-refractivity contribution in [1.82, 2.24) is 14.9 Å². The van der Waals surface area contributed by atoms with Crippen LogP contribution in [0.2, 0.25) is 0 Å². The molecule has 0 aromatic carbocycles. The van der Waals surface area contributed by atoms with Gasteiger partial charge in [0.05, 0.1) is 24.8 Å². The number of nitrogens with one attached hydrogen (secondary N) is 1. The summed E-state index contributed by atoms with van der Waals surface area (Å²) in [5.41, 5.74) is 1.22. The normalized spacial score (nSPS) is 29.4. The van der Waals surface area contributed by atoms with Crippen LogP contribution >= 0.6 is 0 Å². The second-order valence-electron chi connectivity index (χ2n) is 4.73. The van der Waals surface area contributed by atoms with Crippen LogP contribution in [-0.4, -0.2) is 29.2 Å². The molecule has 92 valence electrons. The van der Waals surface area contributed by atoms with Crippen molar-refractivity contribution in [2.24, 2.45) is 0 Å². The molecule has 1 aliphatic heterocycles. The molecule has 3 rings (SSSR count). The molecule has 0 bridgehead atoms. The third-order valence-electron chi connectivity index (χ3n) is 3.59. The quantitative estimate of drug-likeness (QED) is 0.792. The molecule has 0 radical (unpaired) electrons. The number of rotatable bonds is 2. The lowest BCUT2D eigenvalue weighted by atomic mass is 10.0. The molecule has 1 fully saturated rings. The molecule has 1 aromatic heterocycles. The summed E-state index contributed by atoms with van der Waals surface area (Å²) >= 11 is 0. The van der Waals surface area contributed by atoms with Gasteiger partial charge in [0.15, 0.2) is 0 Å². The summed E-state index contributed by atoms with van der Waals surface area (Å²) in [5, 5.41) is 3.37. The van der Waals surface area contributed by atoms with Crippen molar-refractivity contribution < 1.29 is 4.74 Å². The van der Waals surface area contributed by atoms with E-state index in [0.29, 0.717) is 6.04 Å². The van der Waals surface area contributed by atoms with Crippen molar-refractivity contribution in [3.63, 3.8) is 0 Å². The summed E-state index contributed by atoms with van der Waals surface area (Å²) in [4.78, 5) is 4.30. The first-order valence-corrected chi connectivity index (χ1v) is 6.44. The Morgan fingerprint density at radius 1 is 1.41 bits per heavy atom. The summed E-state index contributed by atoms with van der Waals surface area (Å²) < 4.78 is 8.12. The average molecular weight is 233 g/mol. The van der Waals surface area contributed by atoms with Crippen LogP contribution < -0.4 is 5.32 Å². The van der Waals surface area contributed by atoms with Gasteiger partial charge in [-0.25, -0.2) is 4.98 Å². The van der Waals surface area contributed by atoms with E-state index in [0.717, 1.165) is 26.1 Å². The van der Waals surface area contributed by atoms with Crippen molar-refractivity contribution >= 4 is 0 Å². The van der Waals surface area contributed by atoms with Crippen LogP contribution in [0.15, 0.2) is 24.7 Å². The van der Waals surface area contributed by atoms with E-state index >= 15 is 0 Å². The highest BCUT2D eigenvalue weighted by Crippen LogP contribution is 2.28. The zero-order valence-electron chi connectivity index (χ0n) is 10.0. The van der Waals surface area contributed by atoms with Crippen molar-refractivity contribution in [3.8, 4) is 0 Å². The van der Waals surface area contributed by atoms with Crippen LogP contribution in [0.25, 0.3) is 0 Å². The van der Waals surface area contributed by atoms with Gasteiger partial charge in [0.2, 0.25) is 0 Å². The van der Waals surface area contributed by atoms with E-state index in [1.165, 1.54) is 18.5 Å². The Kier molecular flexibility index (Phi) is 3.25. The van der Waals surface area contributed by atoms with Crippen molar-refractivity contribution in [2.75, 3.05) is 19.7 Å². The maximum Gasteiger partial charge on any atom is 0.111 e.